The van der Waals surface area contributed by atoms with Crippen LogP contribution in [0.2, 0.25) is 5.15 Å². The summed E-state index contributed by atoms with van der Waals surface area (Å²) in [5.74, 6) is 0.812. The number of alkyl halides is 1. The van der Waals surface area contributed by atoms with Crippen LogP contribution in [0.15, 0.2) is 0 Å². The Hall–Kier alpha value is -0.0600. The van der Waals surface area contributed by atoms with Crippen molar-refractivity contribution in [1.82, 2.24) is 14.7 Å². The molecule has 18 heavy (non-hydrogen) atoms. The van der Waals surface area contributed by atoms with E-state index in [0.717, 1.165) is 36.4 Å². The number of hydrogen-bond donors (Lipinski definition) is 0. The molecule has 1 aromatic rings. The van der Waals surface area contributed by atoms with Crippen molar-refractivity contribution in [2.24, 2.45) is 13.0 Å². The van der Waals surface area contributed by atoms with Gasteiger partial charge in [-0.2, -0.15) is 5.10 Å². The normalized spacial score (nSPS) is 20.3. The van der Waals surface area contributed by atoms with E-state index >= 15 is 0 Å². The second kappa shape index (κ2) is 5.93. The number of halogens is 2. The maximum Gasteiger partial charge on any atom is 0.131 e. The van der Waals surface area contributed by atoms with Crippen molar-refractivity contribution in [2.75, 3.05) is 13.1 Å². The molecule has 0 amide bonds. The largest absolute Gasteiger partial charge is 0.299 e. The lowest BCUT2D eigenvalue weighted by Gasteiger charge is -2.33. The SMILES string of the molecule is Cc1nn(C)c(Cl)c1CN1CCC(C(C)Br)CC1. The lowest BCUT2D eigenvalue weighted by molar-refractivity contribution is 0.178. The summed E-state index contributed by atoms with van der Waals surface area (Å²) in [7, 11) is 1.90. The molecule has 1 aliphatic rings. The topological polar surface area (TPSA) is 21.1 Å². The molecule has 2 rings (SSSR count). The molecular weight excluding hydrogens is 314 g/mol. The highest BCUT2D eigenvalue weighted by Crippen LogP contribution is 2.27. The molecule has 1 unspecified atom stereocenters. The van der Waals surface area contributed by atoms with Gasteiger partial charge >= 0.3 is 0 Å². The van der Waals surface area contributed by atoms with E-state index in [0.29, 0.717) is 4.83 Å². The molecule has 0 radical (unpaired) electrons. The van der Waals surface area contributed by atoms with Gasteiger partial charge in [-0.05, 0) is 38.8 Å². The first-order valence-corrected chi connectivity index (χ1v) is 7.82. The molecule has 0 bridgehead atoms. The zero-order valence-corrected chi connectivity index (χ0v) is 13.6. The fraction of sp³-hybridized carbons (Fsp3) is 0.769. The van der Waals surface area contributed by atoms with Crippen LogP contribution in [0.3, 0.4) is 0 Å². The highest BCUT2D eigenvalue weighted by molar-refractivity contribution is 9.09. The Kier molecular flexibility index (Phi) is 4.73. The van der Waals surface area contributed by atoms with E-state index in [-0.39, 0.29) is 0 Å². The molecule has 1 saturated heterocycles. The van der Waals surface area contributed by atoms with E-state index in [9.17, 15) is 0 Å². The van der Waals surface area contributed by atoms with E-state index in [4.69, 9.17) is 11.6 Å². The van der Waals surface area contributed by atoms with Gasteiger partial charge < -0.3 is 0 Å². The lowest BCUT2D eigenvalue weighted by atomic mass is 9.94. The third kappa shape index (κ3) is 3.09. The smallest absolute Gasteiger partial charge is 0.131 e. The minimum atomic E-state index is 0.628. The predicted molar refractivity (Wildman–Crippen MR) is 79.3 cm³/mol. The van der Waals surface area contributed by atoms with E-state index < -0.39 is 0 Å². The number of piperidine rings is 1. The molecule has 0 aliphatic carbocycles. The maximum atomic E-state index is 6.28. The number of nitrogens with zero attached hydrogens (tertiary/aromatic N) is 3. The summed E-state index contributed by atoms with van der Waals surface area (Å²) >= 11 is 9.97. The second-order valence-corrected chi connectivity index (χ2v) is 7.07. The van der Waals surface area contributed by atoms with Gasteiger partial charge in [0, 0.05) is 24.0 Å². The minimum absolute atomic E-state index is 0.628. The van der Waals surface area contributed by atoms with Crippen molar-refractivity contribution in [3.63, 3.8) is 0 Å². The zero-order valence-electron chi connectivity index (χ0n) is 11.3. The summed E-state index contributed by atoms with van der Waals surface area (Å²) in [4.78, 5) is 3.12. The van der Waals surface area contributed by atoms with Gasteiger partial charge in [-0.3, -0.25) is 9.58 Å². The van der Waals surface area contributed by atoms with E-state index in [1.54, 1.807) is 4.68 Å². The molecule has 1 aliphatic heterocycles. The molecule has 1 atom stereocenters. The highest BCUT2D eigenvalue weighted by Gasteiger charge is 2.24. The van der Waals surface area contributed by atoms with Gasteiger partial charge in [-0.15, -0.1) is 0 Å². The number of likely N-dealkylation sites (tertiary alicyclic amines) is 1. The minimum Gasteiger partial charge on any atom is -0.299 e. The van der Waals surface area contributed by atoms with E-state index in [1.807, 2.05) is 14.0 Å². The van der Waals surface area contributed by atoms with Gasteiger partial charge in [0.05, 0.1) is 5.69 Å². The lowest BCUT2D eigenvalue weighted by Crippen LogP contribution is -2.35. The van der Waals surface area contributed by atoms with Crippen molar-refractivity contribution in [1.29, 1.82) is 0 Å². The highest BCUT2D eigenvalue weighted by atomic mass is 79.9. The molecular formula is C13H21BrClN3. The molecule has 0 spiro atoms. The van der Waals surface area contributed by atoms with Crippen LogP contribution in [-0.2, 0) is 13.6 Å². The van der Waals surface area contributed by atoms with Crippen LogP contribution in [0, 0.1) is 12.8 Å². The van der Waals surface area contributed by atoms with Gasteiger partial charge in [0.2, 0.25) is 0 Å². The number of aromatic nitrogens is 2. The van der Waals surface area contributed by atoms with Crippen molar-refractivity contribution < 1.29 is 0 Å². The Balaban J connectivity index is 1.95. The predicted octanol–water partition coefficient (Wildman–Crippen LogP) is 3.38. The van der Waals surface area contributed by atoms with Gasteiger partial charge in [0.15, 0.2) is 0 Å². The third-order valence-electron chi connectivity index (χ3n) is 3.93. The first-order chi connectivity index (χ1) is 8.49. The maximum absolute atomic E-state index is 6.28. The number of hydrogen-bond acceptors (Lipinski definition) is 2. The molecule has 102 valence electrons. The Labute approximate surface area is 123 Å². The van der Waals surface area contributed by atoms with E-state index in [2.05, 4.69) is 32.9 Å². The molecule has 3 nitrogen and oxygen atoms in total. The Bertz CT molecular complexity index is 409. The summed E-state index contributed by atoms with van der Waals surface area (Å²) in [5, 5.41) is 5.15. The van der Waals surface area contributed by atoms with Crippen molar-refractivity contribution in [3.05, 3.63) is 16.4 Å². The fourth-order valence-corrected chi connectivity index (χ4v) is 3.41. The van der Waals surface area contributed by atoms with Crippen LogP contribution in [0.5, 0.6) is 0 Å². The average Bonchev–Trinajstić information content (AvgIpc) is 2.57. The molecule has 2 heterocycles. The average molecular weight is 335 g/mol. The summed E-state index contributed by atoms with van der Waals surface area (Å²) in [5.41, 5.74) is 2.24. The van der Waals surface area contributed by atoms with Gasteiger partial charge in [-0.25, -0.2) is 0 Å². The molecule has 0 saturated carbocycles. The Morgan fingerprint density at radius 2 is 2.06 bits per heavy atom. The van der Waals surface area contributed by atoms with Gasteiger partial charge in [0.25, 0.3) is 0 Å². The van der Waals surface area contributed by atoms with Crippen LogP contribution in [0.4, 0.5) is 0 Å². The van der Waals surface area contributed by atoms with E-state index in [1.165, 1.54) is 18.4 Å². The van der Waals surface area contributed by atoms with Crippen LogP contribution < -0.4 is 0 Å². The second-order valence-electron chi connectivity index (χ2n) is 5.27. The molecule has 0 aromatic carbocycles. The summed E-state index contributed by atoms with van der Waals surface area (Å²) < 4.78 is 1.76. The van der Waals surface area contributed by atoms with Crippen molar-refractivity contribution in [2.45, 2.75) is 38.1 Å². The number of aryl methyl sites for hydroxylation is 2. The fourth-order valence-electron chi connectivity index (χ4n) is 2.65. The molecule has 0 N–H and O–H groups in total. The first-order valence-electron chi connectivity index (χ1n) is 6.53. The standard InChI is InChI=1S/C13H21BrClN3/c1-9(14)11-4-6-18(7-5-11)8-12-10(2)16-17(3)13(12)15/h9,11H,4-8H2,1-3H3. The quantitative estimate of drug-likeness (QED) is 0.790. The van der Waals surface area contributed by atoms with Crippen LogP contribution in [-0.4, -0.2) is 32.6 Å². The van der Waals surface area contributed by atoms with Crippen LogP contribution >= 0.6 is 27.5 Å². The van der Waals surface area contributed by atoms with Crippen molar-refractivity contribution >= 4 is 27.5 Å². The monoisotopic (exact) mass is 333 g/mol. The summed E-state index contributed by atoms with van der Waals surface area (Å²) in [6, 6.07) is 0. The number of rotatable bonds is 3. The van der Waals surface area contributed by atoms with Crippen LogP contribution in [0.25, 0.3) is 0 Å². The van der Waals surface area contributed by atoms with Crippen LogP contribution in [0.1, 0.15) is 31.0 Å². The zero-order chi connectivity index (χ0) is 13.3. The summed E-state index contributed by atoms with van der Waals surface area (Å²) in [6.45, 7) is 7.54. The van der Waals surface area contributed by atoms with Gasteiger partial charge in [-0.1, -0.05) is 34.5 Å². The molecule has 5 heteroatoms. The Morgan fingerprint density at radius 3 is 2.50 bits per heavy atom. The first kappa shape index (κ1) is 14.4. The molecule has 1 fully saturated rings. The summed E-state index contributed by atoms with van der Waals surface area (Å²) in [6.07, 6.45) is 2.53. The molecule has 1 aromatic heterocycles. The third-order valence-corrected chi connectivity index (χ3v) is 5.15. The van der Waals surface area contributed by atoms with Crippen molar-refractivity contribution in [3.8, 4) is 0 Å². The Morgan fingerprint density at radius 1 is 1.44 bits per heavy atom. The van der Waals surface area contributed by atoms with Gasteiger partial charge in [0.1, 0.15) is 5.15 Å².